The van der Waals surface area contributed by atoms with Gasteiger partial charge in [0, 0.05) is 18.0 Å². The molecule has 1 N–H and O–H groups in total. The van der Waals surface area contributed by atoms with Crippen molar-refractivity contribution in [3.63, 3.8) is 0 Å². The fourth-order valence-corrected chi connectivity index (χ4v) is 2.66. The average molecular weight is 270 g/mol. The molecule has 1 aromatic rings. The van der Waals surface area contributed by atoms with Crippen molar-refractivity contribution in [3.8, 4) is 5.88 Å². The Hall–Kier alpha value is -1.03. The average Bonchev–Trinajstić information content (AvgIpc) is 2.39. The first kappa shape index (κ1) is 13.4. The maximum absolute atomic E-state index is 6.33. The van der Waals surface area contributed by atoms with E-state index in [4.69, 9.17) is 16.3 Å². The van der Waals surface area contributed by atoms with Crippen LogP contribution in [0.3, 0.4) is 0 Å². The van der Waals surface area contributed by atoms with Crippen LogP contribution < -0.4 is 10.1 Å². The van der Waals surface area contributed by atoms with Crippen LogP contribution >= 0.6 is 11.6 Å². The summed E-state index contributed by atoms with van der Waals surface area (Å²) in [6.07, 6.45) is 6.38. The van der Waals surface area contributed by atoms with E-state index < -0.39 is 0 Å². The van der Waals surface area contributed by atoms with Gasteiger partial charge in [-0.25, -0.2) is 9.97 Å². The Labute approximate surface area is 113 Å². The highest BCUT2D eigenvalue weighted by Gasteiger charge is 2.22. The molecule has 5 heteroatoms. The van der Waals surface area contributed by atoms with Crippen molar-refractivity contribution in [2.24, 2.45) is 5.92 Å². The summed E-state index contributed by atoms with van der Waals surface area (Å²) < 4.78 is 5.34. The minimum absolute atomic E-state index is 0.291. The third-order valence-corrected chi connectivity index (χ3v) is 3.87. The zero-order valence-electron chi connectivity index (χ0n) is 10.7. The van der Waals surface area contributed by atoms with Crippen molar-refractivity contribution in [1.29, 1.82) is 0 Å². The number of hydrogen-bond donors (Lipinski definition) is 1. The maximum atomic E-state index is 6.33. The second-order valence-corrected chi connectivity index (χ2v) is 5.18. The molecule has 0 amide bonds. The second kappa shape index (κ2) is 6.78. The lowest BCUT2D eigenvalue weighted by molar-refractivity contribution is 0.326. The highest BCUT2D eigenvalue weighted by atomic mass is 35.5. The minimum atomic E-state index is 0.291. The summed E-state index contributed by atoms with van der Waals surface area (Å²) in [4.78, 5) is 8.23. The van der Waals surface area contributed by atoms with E-state index in [0.717, 1.165) is 18.8 Å². The zero-order chi connectivity index (χ0) is 12.8. The molecule has 1 aromatic heterocycles. The molecule has 18 heavy (non-hydrogen) atoms. The van der Waals surface area contributed by atoms with Crippen LogP contribution in [0.4, 0.5) is 5.82 Å². The molecule has 0 radical (unpaired) electrons. The summed E-state index contributed by atoms with van der Waals surface area (Å²) in [7, 11) is 0. The number of alkyl halides is 1. The highest BCUT2D eigenvalue weighted by Crippen LogP contribution is 2.28. The molecule has 1 heterocycles. The fraction of sp³-hybridized carbons (Fsp3) is 0.692. The van der Waals surface area contributed by atoms with Gasteiger partial charge in [0.25, 0.3) is 0 Å². The molecule has 1 aliphatic rings. The molecule has 2 unspecified atom stereocenters. The third kappa shape index (κ3) is 3.73. The van der Waals surface area contributed by atoms with Crippen LogP contribution in [-0.2, 0) is 0 Å². The van der Waals surface area contributed by atoms with E-state index in [0.29, 0.717) is 23.8 Å². The van der Waals surface area contributed by atoms with Crippen LogP contribution in [0.5, 0.6) is 5.88 Å². The Bertz CT molecular complexity index is 375. The number of rotatable bonds is 5. The highest BCUT2D eigenvalue weighted by molar-refractivity contribution is 6.20. The van der Waals surface area contributed by atoms with Gasteiger partial charge in [0.15, 0.2) is 0 Å². The Morgan fingerprint density at radius 2 is 2.22 bits per heavy atom. The predicted octanol–water partition coefficient (Wildman–Crippen LogP) is 3.08. The lowest BCUT2D eigenvalue weighted by Crippen LogP contribution is -2.26. The Kier molecular flexibility index (Phi) is 5.05. The third-order valence-electron chi connectivity index (χ3n) is 3.30. The molecule has 0 bridgehead atoms. The molecule has 1 aliphatic carbocycles. The van der Waals surface area contributed by atoms with E-state index in [1.54, 1.807) is 0 Å². The molecule has 0 spiro atoms. The molecule has 0 aromatic carbocycles. The maximum Gasteiger partial charge on any atom is 0.218 e. The Morgan fingerprint density at radius 3 is 3.00 bits per heavy atom. The topological polar surface area (TPSA) is 47.0 Å². The fourth-order valence-electron chi connectivity index (χ4n) is 2.29. The summed E-state index contributed by atoms with van der Waals surface area (Å²) in [5, 5.41) is 3.62. The monoisotopic (exact) mass is 269 g/mol. The molecule has 1 fully saturated rings. The van der Waals surface area contributed by atoms with Crippen LogP contribution in [0.2, 0.25) is 0 Å². The van der Waals surface area contributed by atoms with Crippen molar-refractivity contribution >= 4 is 17.4 Å². The quantitative estimate of drug-likeness (QED) is 0.835. The molecule has 2 rings (SSSR count). The van der Waals surface area contributed by atoms with Gasteiger partial charge >= 0.3 is 0 Å². The smallest absolute Gasteiger partial charge is 0.218 e. The molecular weight excluding hydrogens is 250 g/mol. The van der Waals surface area contributed by atoms with E-state index in [1.165, 1.54) is 25.6 Å². The molecule has 2 atom stereocenters. The van der Waals surface area contributed by atoms with E-state index in [1.807, 2.05) is 13.0 Å². The Balaban J connectivity index is 1.87. The van der Waals surface area contributed by atoms with Crippen molar-refractivity contribution in [1.82, 2.24) is 9.97 Å². The van der Waals surface area contributed by atoms with E-state index >= 15 is 0 Å². The summed E-state index contributed by atoms with van der Waals surface area (Å²) in [5.74, 6) is 1.95. The lowest BCUT2D eigenvalue weighted by atomic mass is 9.89. The summed E-state index contributed by atoms with van der Waals surface area (Å²) in [6.45, 7) is 3.43. The van der Waals surface area contributed by atoms with Gasteiger partial charge in [-0.3, -0.25) is 0 Å². The zero-order valence-corrected chi connectivity index (χ0v) is 11.5. The van der Waals surface area contributed by atoms with E-state index in [9.17, 15) is 0 Å². The van der Waals surface area contributed by atoms with Crippen LogP contribution in [0.1, 0.15) is 32.6 Å². The van der Waals surface area contributed by atoms with Gasteiger partial charge in [0.2, 0.25) is 5.88 Å². The van der Waals surface area contributed by atoms with E-state index in [-0.39, 0.29) is 0 Å². The molecule has 0 aliphatic heterocycles. The standard InChI is InChI=1S/C13H20ClN3O/c1-2-18-13-7-12(16-9-17-13)15-8-10-5-3-4-6-11(10)14/h7,9-11H,2-6,8H2,1H3,(H,15,16,17). The van der Waals surface area contributed by atoms with Crippen molar-refractivity contribution < 1.29 is 4.74 Å². The summed E-state index contributed by atoms with van der Waals surface area (Å²) in [5.41, 5.74) is 0. The van der Waals surface area contributed by atoms with Gasteiger partial charge in [-0.2, -0.15) is 0 Å². The van der Waals surface area contributed by atoms with Gasteiger partial charge in [0.1, 0.15) is 12.1 Å². The molecule has 100 valence electrons. The van der Waals surface area contributed by atoms with E-state index in [2.05, 4.69) is 15.3 Å². The van der Waals surface area contributed by atoms with Gasteiger partial charge in [0.05, 0.1) is 6.61 Å². The largest absolute Gasteiger partial charge is 0.478 e. The van der Waals surface area contributed by atoms with Crippen LogP contribution in [-0.4, -0.2) is 28.5 Å². The molecule has 4 nitrogen and oxygen atoms in total. The number of halogens is 1. The first-order valence-electron chi connectivity index (χ1n) is 6.62. The number of anilines is 1. The molecular formula is C13H20ClN3O. The van der Waals surface area contributed by atoms with Gasteiger partial charge in [-0.1, -0.05) is 12.8 Å². The van der Waals surface area contributed by atoms with Crippen LogP contribution in [0.15, 0.2) is 12.4 Å². The van der Waals surface area contributed by atoms with Gasteiger partial charge < -0.3 is 10.1 Å². The number of ether oxygens (including phenoxy) is 1. The first-order valence-corrected chi connectivity index (χ1v) is 7.06. The lowest BCUT2D eigenvalue weighted by Gasteiger charge is -2.27. The van der Waals surface area contributed by atoms with Crippen molar-refractivity contribution in [2.45, 2.75) is 38.0 Å². The van der Waals surface area contributed by atoms with Crippen LogP contribution in [0.25, 0.3) is 0 Å². The normalized spacial score (nSPS) is 23.7. The molecule has 1 saturated carbocycles. The minimum Gasteiger partial charge on any atom is -0.478 e. The number of aromatic nitrogens is 2. The first-order chi connectivity index (χ1) is 8.79. The Morgan fingerprint density at radius 1 is 1.39 bits per heavy atom. The second-order valence-electron chi connectivity index (χ2n) is 4.62. The predicted molar refractivity (Wildman–Crippen MR) is 73.3 cm³/mol. The molecule has 0 saturated heterocycles. The number of hydrogen-bond acceptors (Lipinski definition) is 4. The van der Waals surface area contributed by atoms with Gasteiger partial charge in [-0.05, 0) is 25.7 Å². The van der Waals surface area contributed by atoms with Crippen LogP contribution in [0, 0.1) is 5.92 Å². The summed E-state index contributed by atoms with van der Waals surface area (Å²) >= 11 is 6.33. The number of nitrogens with zero attached hydrogens (tertiary/aromatic N) is 2. The SMILES string of the molecule is CCOc1cc(NCC2CCCCC2Cl)ncn1. The van der Waals surface area contributed by atoms with Crippen molar-refractivity contribution in [3.05, 3.63) is 12.4 Å². The van der Waals surface area contributed by atoms with Crippen molar-refractivity contribution in [2.75, 3.05) is 18.5 Å². The van der Waals surface area contributed by atoms with Gasteiger partial charge in [-0.15, -0.1) is 11.6 Å². The number of nitrogens with one attached hydrogen (secondary N) is 1. The summed E-state index contributed by atoms with van der Waals surface area (Å²) in [6, 6.07) is 1.83.